The number of aromatic carboxylic acids is 1. The van der Waals surface area contributed by atoms with E-state index in [0.717, 1.165) is 23.9 Å². The third-order valence-corrected chi connectivity index (χ3v) is 3.83. The molecule has 2 aromatic rings. The lowest BCUT2D eigenvalue weighted by Crippen LogP contribution is -1.99. The molecule has 1 heterocycles. The fourth-order valence-corrected chi connectivity index (χ4v) is 2.68. The number of unbranched alkanes of at least 4 members (excludes halogenated alkanes) is 4. The predicted octanol–water partition coefficient (Wildman–Crippen LogP) is 4.62. The Kier molecular flexibility index (Phi) is 4.83. The van der Waals surface area contributed by atoms with Crippen LogP contribution in [0.25, 0.3) is 10.9 Å². The molecule has 0 fully saturated rings. The van der Waals surface area contributed by atoms with Crippen LogP contribution >= 0.6 is 0 Å². The summed E-state index contributed by atoms with van der Waals surface area (Å²) < 4.78 is 2.20. The highest BCUT2D eigenvalue weighted by Crippen LogP contribution is 2.23. The van der Waals surface area contributed by atoms with Crippen molar-refractivity contribution in [3.05, 3.63) is 35.5 Å². The maximum Gasteiger partial charge on any atom is 0.335 e. The number of hydrogen-bond donors (Lipinski definition) is 1. The van der Waals surface area contributed by atoms with Gasteiger partial charge in [0.1, 0.15) is 0 Å². The predicted molar refractivity (Wildman–Crippen MR) is 82.4 cm³/mol. The zero-order valence-electron chi connectivity index (χ0n) is 12.4. The summed E-state index contributed by atoms with van der Waals surface area (Å²) in [5.41, 5.74) is 2.62. The third kappa shape index (κ3) is 3.21. The van der Waals surface area contributed by atoms with Crippen LogP contribution in [0.15, 0.2) is 24.4 Å². The lowest BCUT2D eigenvalue weighted by Gasteiger charge is -2.06. The Bertz CT molecular complexity index is 598. The van der Waals surface area contributed by atoms with Crippen molar-refractivity contribution in [3.63, 3.8) is 0 Å². The molecule has 0 saturated carbocycles. The van der Waals surface area contributed by atoms with E-state index in [2.05, 4.69) is 24.6 Å². The SMILES string of the molecule is CCCCCCCn1cc(C)c2ccc(C(=O)O)cc21. The van der Waals surface area contributed by atoms with E-state index in [0.29, 0.717) is 5.56 Å². The highest BCUT2D eigenvalue weighted by Gasteiger charge is 2.09. The van der Waals surface area contributed by atoms with Crippen LogP contribution in [0, 0.1) is 6.92 Å². The minimum atomic E-state index is -0.861. The Balaban J connectivity index is 2.15. The van der Waals surface area contributed by atoms with E-state index in [1.165, 1.54) is 31.2 Å². The number of nitrogens with zero attached hydrogens (tertiary/aromatic N) is 1. The summed E-state index contributed by atoms with van der Waals surface area (Å²) in [6.07, 6.45) is 8.37. The molecule has 0 amide bonds. The smallest absolute Gasteiger partial charge is 0.335 e. The second-order valence-corrected chi connectivity index (χ2v) is 5.46. The maximum atomic E-state index is 11.1. The number of carboxylic acids is 1. The second-order valence-electron chi connectivity index (χ2n) is 5.46. The standard InChI is InChI=1S/C17H23NO2/c1-3-4-5-6-7-10-18-12-13(2)15-9-8-14(17(19)20)11-16(15)18/h8-9,11-12H,3-7,10H2,1-2H3,(H,19,20). The summed E-state index contributed by atoms with van der Waals surface area (Å²) in [6.45, 7) is 5.27. The Labute approximate surface area is 120 Å². The Morgan fingerprint density at radius 1 is 1.20 bits per heavy atom. The van der Waals surface area contributed by atoms with Gasteiger partial charge in [0.05, 0.1) is 5.56 Å². The minimum Gasteiger partial charge on any atom is -0.478 e. The van der Waals surface area contributed by atoms with Crippen LogP contribution in [0.1, 0.15) is 54.9 Å². The molecular weight excluding hydrogens is 250 g/mol. The van der Waals surface area contributed by atoms with Gasteiger partial charge in [0.15, 0.2) is 0 Å². The largest absolute Gasteiger partial charge is 0.478 e. The molecule has 0 spiro atoms. The van der Waals surface area contributed by atoms with Crippen molar-refractivity contribution in [2.75, 3.05) is 0 Å². The van der Waals surface area contributed by atoms with Crippen molar-refractivity contribution in [1.29, 1.82) is 0 Å². The molecule has 0 atom stereocenters. The fraction of sp³-hybridized carbons (Fsp3) is 0.471. The molecule has 0 saturated heterocycles. The first-order valence-electron chi connectivity index (χ1n) is 7.46. The number of carbonyl (C=O) groups is 1. The molecule has 20 heavy (non-hydrogen) atoms. The van der Waals surface area contributed by atoms with Crippen molar-refractivity contribution in [2.24, 2.45) is 0 Å². The van der Waals surface area contributed by atoms with E-state index in [4.69, 9.17) is 5.11 Å². The molecule has 0 bridgehead atoms. The Hall–Kier alpha value is -1.77. The van der Waals surface area contributed by atoms with E-state index in [1.54, 1.807) is 12.1 Å². The number of aromatic nitrogens is 1. The molecule has 2 rings (SSSR count). The molecule has 0 aliphatic heterocycles. The highest BCUT2D eigenvalue weighted by atomic mass is 16.4. The van der Waals surface area contributed by atoms with Gasteiger partial charge in [-0.3, -0.25) is 0 Å². The van der Waals surface area contributed by atoms with Crippen LogP contribution in [-0.2, 0) is 6.54 Å². The molecule has 0 aliphatic carbocycles. The zero-order valence-corrected chi connectivity index (χ0v) is 12.4. The van der Waals surface area contributed by atoms with E-state index >= 15 is 0 Å². The summed E-state index contributed by atoms with van der Waals surface area (Å²) in [5.74, 6) is -0.861. The molecule has 3 heteroatoms. The average Bonchev–Trinajstić information content (AvgIpc) is 2.75. The van der Waals surface area contributed by atoms with Gasteiger partial charge in [-0.05, 0) is 31.0 Å². The van der Waals surface area contributed by atoms with Gasteiger partial charge in [-0.2, -0.15) is 0 Å². The van der Waals surface area contributed by atoms with Gasteiger partial charge in [0.25, 0.3) is 0 Å². The molecule has 0 radical (unpaired) electrons. The number of hydrogen-bond acceptors (Lipinski definition) is 1. The number of fused-ring (bicyclic) bond motifs is 1. The molecule has 1 aromatic carbocycles. The first-order chi connectivity index (χ1) is 9.63. The molecule has 3 nitrogen and oxygen atoms in total. The van der Waals surface area contributed by atoms with Crippen LogP contribution in [0.2, 0.25) is 0 Å². The summed E-state index contributed by atoms with van der Waals surface area (Å²) in [6, 6.07) is 5.39. The van der Waals surface area contributed by atoms with Gasteiger partial charge < -0.3 is 9.67 Å². The number of rotatable bonds is 7. The van der Waals surface area contributed by atoms with Gasteiger partial charge >= 0.3 is 5.97 Å². The minimum absolute atomic E-state index is 0.364. The Morgan fingerprint density at radius 2 is 1.95 bits per heavy atom. The van der Waals surface area contributed by atoms with Gasteiger partial charge in [0.2, 0.25) is 0 Å². The lowest BCUT2D eigenvalue weighted by atomic mass is 10.1. The van der Waals surface area contributed by atoms with Gasteiger partial charge in [-0.25, -0.2) is 4.79 Å². The summed E-state index contributed by atoms with van der Waals surface area (Å²) in [7, 11) is 0. The molecule has 1 N–H and O–H groups in total. The third-order valence-electron chi connectivity index (χ3n) is 3.83. The van der Waals surface area contributed by atoms with Crippen LogP contribution in [0.3, 0.4) is 0 Å². The number of benzene rings is 1. The van der Waals surface area contributed by atoms with Crippen molar-refractivity contribution >= 4 is 16.9 Å². The van der Waals surface area contributed by atoms with Crippen molar-refractivity contribution in [3.8, 4) is 0 Å². The monoisotopic (exact) mass is 273 g/mol. The van der Waals surface area contributed by atoms with Crippen LogP contribution in [0.4, 0.5) is 0 Å². The van der Waals surface area contributed by atoms with Crippen LogP contribution < -0.4 is 0 Å². The molecule has 0 aliphatic rings. The number of carboxylic acid groups (broad SMARTS) is 1. The normalized spacial score (nSPS) is 11.1. The first-order valence-corrected chi connectivity index (χ1v) is 7.46. The average molecular weight is 273 g/mol. The Morgan fingerprint density at radius 3 is 2.65 bits per heavy atom. The van der Waals surface area contributed by atoms with E-state index in [9.17, 15) is 4.79 Å². The lowest BCUT2D eigenvalue weighted by molar-refractivity contribution is 0.0697. The van der Waals surface area contributed by atoms with Gasteiger partial charge in [0, 0.05) is 23.6 Å². The molecule has 108 valence electrons. The van der Waals surface area contributed by atoms with Crippen molar-refractivity contribution in [2.45, 2.75) is 52.5 Å². The van der Waals surface area contributed by atoms with E-state index in [-0.39, 0.29) is 0 Å². The molecular formula is C17H23NO2. The molecule has 1 aromatic heterocycles. The van der Waals surface area contributed by atoms with Gasteiger partial charge in [-0.1, -0.05) is 38.7 Å². The van der Waals surface area contributed by atoms with E-state index in [1.807, 2.05) is 6.07 Å². The molecule has 0 unspecified atom stereocenters. The zero-order chi connectivity index (χ0) is 14.5. The summed E-state index contributed by atoms with van der Waals surface area (Å²) in [4.78, 5) is 11.1. The van der Waals surface area contributed by atoms with Crippen molar-refractivity contribution < 1.29 is 9.90 Å². The highest BCUT2D eigenvalue weighted by molar-refractivity contribution is 5.94. The topological polar surface area (TPSA) is 42.2 Å². The van der Waals surface area contributed by atoms with E-state index < -0.39 is 5.97 Å². The van der Waals surface area contributed by atoms with Gasteiger partial charge in [-0.15, -0.1) is 0 Å². The maximum absolute atomic E-state index is 11.1. The summed E-state index contributed by atoms with van der Waals surface area (Å²) >= 11 is 0. The first kappa shape index (κ1) is 14.6. The van der Waals surface area contributed by atoms with Crippen LogP contribution in [-0.4, -0.2) is 15.6 Å². The van der Waals surface area contributed by atoms with Crippen LogP contribution in [0.5, 0.6) is 0 Å². The fourth-order valence-electron chi connectivity index (χ4n) is 2.68. The number of aryl methyl sites for hydroxylation is 2. The summed E-state index contributed by atoms with van der Waals surface area (Å²) in [5, 5.41) is 10.3. The quantitative estimate of drug-likeness (QED) is 0.748. The van der Waals surface area contributed by atoms with Crippen molar-refractivity contribution in [1.82, 2.24) is 4.57 Å². The second kappa shape index (κ2) is 6.60.